The Labute approximate surface area is 168 Å². The SMILES string of the molecule is COc1cccc(OCCNC(=O)C2(c3ccc(Br)cc3)CCOCC2)c1. The van der Waals surface area contributed by atoms with Crippen LogP contribution < -0.4 is 14.8 Å². The van der Waals surface area contributed by atoms with E-state index in [0.717, 1.165) is 21.5 Å². The molecule has 144 valence electrons. The number of ether oxygens (including phenoxy) is 3. The van der Waals surface area contributed by atoms with Gasteiger partial charge in [0.1, 0.15) is 18.1 Å². The molecule has 6 heteroatoms. The molecule has 0 saturated carbocycles. The normalized spacial score (nSPS) is 15.8. The van der Waals surface area contributed by atoms with Crippen LogP contribution in [0.4, 0.5) is 0 Å². The molecule has 0 radical (unpaired) electrons. The van der Waals surface area contributed by atoms with Gasteiger partial charge in [-0.2, -0.15) is 0 Å². The van der Waals surface area contributed by atoms with E-state index in [1.807, 2.05) is 48.5 Å². The number of carbonyl (C=O) groups is 1. The van der Waals surface area contributed by atoms with Crippen molar-refractivity contribution < 1.29 is 19.0 Å². The lowest BCUT2D eigenvalue weighted by molar-refractivity contribution is -0.130. The molecule has 1 aliphatic rings. The van der Waals surface area contributed by atoms with Gasteiger partial charge in [-0.15, -0.1) is 0 Å². The first kappa shape index (κ1) is 19.7. The minimum Gasteiger partial charge on any atom is -0.497 e. The number of hydrogen-bond acceptors (Lipinski definition) is 4. The highest BCUT2D eigenvalue weighted by Gasteiger charge is 2.41. The maximum absolute atomic E-state index is 13.1. The first-order valence-corrected chi connectivity index (χ1v) is 9.82. The molecule has 1 saturated heterocycles. The van der Waals surface area contributed by atoms with Crippen LogP contribution >= 0.6 is 15.9 Å². The molecule has 1 aliphatic heterocycles. The lowest BCUT2D eigenvalue weighted by Gasteiger charge is -2.36. The summed E-state index contributed by atoms with van der Waals surface area (Å²) in [5, 5.41) is 3.04. The number of benzene rings is 2. The van der Waals surface area contributed by atoms with Gasteiger partial charge in [0.2, 0.25) is 5.91 Å². The standard InChI is InChI=1S/C21H24BrNO4/c1-25-18-3-2-4-19(15-18)27-14-11-23-20(24)21(9-12-26-13-10-21)16-5-7-17(22)8-6-16/h2-8,15H,9-14H2,1H3,(H,23,24). The quantitative estimate of drug-likeness (QED) is 0.676. The summed E-state index contributed by atoms with van der Waals surface area (Å²) in [6.07, 6.45) is 1.36. The highest BCUT2D eigenvalue weighted by Crippen LogP contribution is 2.35. The smallest absolute Gasteiger partial charge is 0.230 e. The Morgan fingerprint density at radius 1 is 1.15 bits per heavy atom. The second-order valence-corrected chi connectivity index (χ2v) is 7.40. The predicted octanol–water partition coefficient (Wildman–Crippen LogP) is 3.70. The molecule has 1 N–H and O–H groups in total. The highest BCUT2D eigenvalue weighted by atomic mass is 79.9. The summed E-state index contributed by atoms with van der Waals surface area (Å²) in [5.41, 5.74) is 0.481. The Morgan fingerprint density at radius 3 is 2.56 bits per heavy atom. The monoisotopic (exact) mass is 433 g/mol. The van der Waals surface area contributed by atoms with Crippen molar-refractivity contribution in [2.45, 2.75) is 18.3 Å². The summed E-state index contributed by atoms with van der Waals surface area (Å²) in [4.78, 5) is 13.1. The third kappa shape index (κ3) is 4.82. The first-order valence-electron chi connectivity index (χ1n) is 9.03. The van der Waals surface area contributed by atoms with E-state index >= 15 is 0 Å². The van der Waals surface area contributed by atoms with Crippen LogP contribution in [-0.2, 0) is 14.9 Å². The minimum atomic E-state index is -0.547. The van der Waals surface area contributed by atoms with Crippen molar-refractivity contribution in [3.63, 3.8) is 0 Å². The fourth-order valence-electron chi connectivity index (χ4n) is 3.33. The van der Waals surface area contributed by atoms with Crippen molar-refractivity contribution in [2.75, 3.05) is 33.5 Å². The van der Waals surface area contributed by atoms with Crippen molar-refractivity contribution in [2.24, 2.45) is 0 Å². The van der Waals surface area contributed by atoms with Crippen molar-refractivity contribution in [1.29, 1.82) is 0 Å². The van der Waals surface area contributed by atoms with Crippen molar-refractivity contribution in [1.82, 2.24) is 5.32 Å². The van der Waals surface area contributed by atoms with E-state index in [-0.39, 0.29) is 5.91 Å². The summed E-state index contributed by atoms with van der Waals surface area (Å²) >= 11 is 3.46. The van der Waals surface area contributed by atoms with Gasteiger partial charge in [0.05, 0.1) is 19.1 Å². The number of methoxy groups -OCH3 is 1. The van der Waals surface area contributed by atoms with Crippen LogP contribution in [0.2, 0.25) is 0 Å². The summed E-state index contributed by atoms with van der Waals surface area (Å²) in [7, 11) is 1.62. The van der Waals surface area contributed by atoms with Crippen LogP contribution in [0.5, 0.6) is 11.5 Å². The Hall–Kier alpha value is -2.05. The zero-order chi connectivity index (χ0) is 19.1. The van der Waals surface area contributed by atoms with Crippen molar-refractivity contribution in [3.8, 4) is 11.5 Å². The molecule has 0 bridgehead atoms. The largest absolute Gasteiger partial charge is 0.497 e. The van der Waals surface area contributed by atoms with Gasteiger partial charge in [0.15, 0.2) is 0 Å². The molecule has 5 nitrogen and oxygen atoms in total. The summed E-state index contributed by atoms with van der Waals surface area (Å²) in [6.45, 7) is 2.01. The number of nitrogens with one attached hydrogen (secondary N) is 1. The molecule has 0 spiro atoms. The summed E-state index contributed by atoms with van der Waals surface area (Å²) in [5.74, 6) is 1.49. The number of amides is 1. The average molecular weight is 434 g/mol. The van der Waals surface area contributed by atoms with Gasteiger partial charge in [-0.25, -0.2) is 0 Å². The van der Waals surface area contributed by atoms with Gasteiger partial charge in [-0.3, -0.25) is 4.79 Å². The van der Waals surface area contributed by atoms with Gasteiger partial charge >= 0.3 is 0 Å². The van der Waals surface area contributed by atoms with Crippen molar-refractivity contribution >= 4 is 21.8 Å². The van der Waals surface area contributed by atoms with E-state index in [9.17, 15) is 4.79 Å². The maximum atomic E-state index is 13.1. The molecule has 3 rings (SSSR count). The third-order valence-electron chi connectivity index (χ3n) is 4.88. The second-order valence-electron chi connectivity index (χ2n) is 6.48. The molecule has 1 fully saturated rings. The van der Waals surface area contributed by atoms with Crippen LogP contribution in [0.1, 0.15) is 18.4 Å². The third-order valence-corrected chi connectivity index (χ3v) is 5.40. The van der Waals surface area contributed by atoms with Crippen LogP contribution in [0.3, 0.4) is 0 Å². The molecule has 1 heterocycles. The predicted molar refractivity (Wildman–Crippen MR) is 107 cm³/mol. The van der Waals surface area contributed by atoms with Gasteiger partial charge < -0.3 is 19.5 Å². The Bertz CT molecular complexity index is 757. The van der Waals surface area contributed by atoms with E-state index < -0.39 is 5.41 Å². The molecule has 0 atom stereocenters. The number of hydrogen-bond donors (Lipinski definition) is 1. The second kappa shape index (κ2) is 9.24. The number of carbonyl (C=O) groups excluding carboxylic acids is 1. The highest BCUT2D eigenvalue weighted by molar-refractivity contribution is 9.10. The van der Waals surface area contributed by atoms with Crippen LogP contribution in [-0.4, -0.2) is 39.4 Å². The number of rotatable bonds is 7. The maximum Gasteiger partial charge on any atom is 0.230 e. The fraction of sp³-hybridized carbons (Fsp3) is 0.381. The van der Waals surface area contributed by atoms with E-state index in [2.05, 4.69) is 21.2 Å². The van der Waals surface area contributed by atoms with E-state index in [0.29, 0.717) is 39.2 Å². The molecule has 2 aromatic carbocycles. The van der Waals surface area contributed by atoms with E-state index in [1.165, 1.54) is 0 Å². The molecular weight excluding hydrogens is 410 g/mol. The van der Waals surface area contributed by atoms with Crippen LogP contribution in [0.25, 0.3) is 0 Å². The summed E-state index contributed by atoms with van der Waals surface area (Å²) < 4.78 is 17.4. The fourth-order valence-corrected chi connectivity index (χ4v) is 3.59. The number of halogens is 1. The van der Waals surface area contributed by atoms with E-state index in [1.54, 1.807) is 7.11 Å². The lowest BCUT2D eigenvalue weighted by atomic mass is 9.73. The Kier molecular flexibility index (Phi) is 6.74. The van der Waals surface area contributed by atoms with Gasteiger partial charge in [0.25, 0.3) is 0 Å². The topological polar surface area (TPSA) is 56.8 Å². The molecule has 1 amide bonds. The van der Waals surface area contributed by atoms with Gasteiger partial charge in [-0.05, 0) is 42.7 Å². The Morgan fingerprint density at radius 2 is 1.85 bits per heavy atom. The molecule has 27 heavy (non-hydrogen) atoms. The average Bonchev–Trinajstić information content (AvgIpc) is 2.72. The van der Waals surface area contributed by atoms with Gasteiger partial charge in [-0.1, -0.05) is 34.1 Å². The zero-order valence-corrected chi connectivity index (χ0v) is 17.0. The molecule has 0 unspecified atom stereocenters. The lowest BCUT2D eigenvalue weighted by Crippen LogP contribution is -2.48. The molecular formula is C21H24BrNO4. The van der Waals surface area contributed by atoms with Crippen molar-refractivity contribution in [3.05, 3.63) is 58.6 Å². The molecule has 2 aromatic rings. The van der Waals surface area contributed by atoms with Crippen LogP contribution in [0, 0.1) is 0 Å². The first-order chi connectivity index (χ1) is 13.1. The molecule has 0 aromatic heterocycles. The van der Waals surface area contributed by atoms with E-state index in [4.69, 9.17) is 14.2 Å². The van der Waals surface area contributed by atoms with Crippen LogP contribution in [0.15, 0.2) is 53.0 Å². The summed E-state index contributed by atoms with van der Waals surface area (Å²) in [6, 6.07) is 15.4. The van der Waals surface area contributed by atoms with Gasteiger partial charge in [0, 0.05) is 23.8 Å². The molecule has 0 aliphatic carbocycles. The Balaban J connectivity index is 1.60. The minimum absolute atomic E-state index is 0.0300. The zero-order valence-electron chi connectivity index (χ0n) is 15.4.